The highest BCUT2D eigenvalue weighted by Gasteiger charge is 2.26. The van der Waals surface area contributed by atoms with E-state index in [2.05, 4.69) is 9.97 Å². The van der Waals surface area contributed by atoms with Crippen molar-refractivity contribution in [3.05, 3.63) is 42.4 Å². The van der Waals surface area contributed by atoms with Gasteiger partial charge in [-0.15, -0.1) is 0 Å². The van der Waals surface area contributed by atoms with Gasteiger partial charge in [-0.05, 0) is 31.0 Å². The molecule has 0 aliphatic heterocycles. The van der Waals surface area contributed by atoms with Crippen LogP contribution in [0.15, 0.2) is 36.5 Å². The Balaban J connectivity index is 2.02. The van der Waals surface area contributed by atoms with Gasteiger partial charge in [0, 0.05) is 23.4 Å². The topological polar surface area (TPSA) is 51.8 Å². The van der Waals surface area contributed by atoms with E-state index in [1.54, 1.807) is 0 Å². The average Bonchev–Trinajstić information content (AvgIpc) is 3.13. The van der Waals surface area contributed by atoms with Crippen LogP contribution in [0, 0.1) is 0 Å². The second-order valence-electron chi connectivity index (χ2n) is 4.20. The molecule has 0 unspecified atom stereocenters. The summed E-state index contributed by atoms with van der Waals surface area (Å²) in [4.78, 5) is 8.89. The molecule has 1 aromatic heterocycles. The lowest BCUT2D eigenvalue weighted by molar-refractivity contribution is 0.930. The molecular formula is C13H13N3. The summed E-state index contributed by atoms with van der Waals surface area (Å²) in [5.74, 6) is 1.56. The fraction of sp³-hybridized carbons (Fsp3) is 0.231. The second kappa shape index (κ2) is 3.59. The summed E-state index contributed by atoms with van der Waals surface area (Å²) < 4.78 is 0. The molecule has 0 radical (unpaired) electrons. The van der Waals surface area contributed by atoms with E-state index in [1.165, 1.54) is 12.8 Å². The third-order valence-corrected chi connectivity index (χ3v) is 2.80. The zero-order valence-electron chi connectivity index (χ0n) is 8.93. The Morgan fingerprint density at radius 3 is 2.81 bits per heavy atom. The maximum Gasteiger partial charge on any atom is 0.132 e. The van der Waals surface area contributed by atoms with Crippen LogP contribution in [0.25, 0.3) is 11.3 Å². The van der Waals surface area contributed by atoms with Gasteiger partial charge < -0.3 is 5.73 Å². The predicted molar refractivity (Wildman–Crippen MR) is 63.9 cm³/mol. The molecule has 0 atom stereocenters. The van der Waals surface area contributed by atoms with E-state index in [9.17, 15) is 0 Å². The smallest absolute Gasteiger partial charge is 0.132 e. The minimum Gasteiger partial charge on any atom is -0.399 e. The van der Waals surface area contributed by atoms with Gasteiger partial charge in [0.25, 0.3) is 0 Å². The molecule has 80 valence electrons. The molecule has 0 spiro atoms. The van der Waals surface area contributed by atoms with Gasteiger partial charge in [-0.2, -0.15) is 0 Å². The molecule has 1 aromatic carbocycles. The van der Waals surface area contributed by atoms with Gasteiger partial charge in [0.05, 0.1) is 5.69 Å². The monoisotopic (exact) mass is 211 g/mol. The van der Waals surface area contributed by atoms with Gasteiger partial charge in [0.2, 0.25) is 0 Å². The first kappa shape index (κ1) is 9.33. The van der Waals surface area contributed by atoms with Crippen molar-refractivity contribution in [2.45, 2.75) is 18.8 Å². The third-order valence-electron chi connectivity index (χ3n) is 2.80. The van der Waals surface area contributed by atoms with E-state index < -0.39 is 0 Å². The largest absolute Gasteiger partial charge is 0.399 e. The summed E-state index contributed by atoms with van der Waals surface area (Å²) >= 11 is 0. The van der Waals surface area contributed by atoms with Gasteiger partial charge in [-0.1, -0.05) is 12.1 Å². The van der Waals surface area contributed by atoms with Crippen LogP contribution in [0.2, 0.25) is 0 Å². The van der Waals surface area contributed by atoms with Crippen LogP contribution in [-0.2, 0) is 0 Å². The average molecular weight is 211 g/mol. The van der Waals surface area contributed by atoms with E-state index in [0.29, 0.717) is 5.92 Å². The Morgan fingerprint density at radius 1 is 1.19 bits per heavy atom. The van der Waals surface area contributed by atoms with E-state index >= 15 is 0 Å². The summed E-state index contributed by atoms with van der Waals surface area (Å²) in [7, 11) is 0. The highest BCUT2D eigenvalue weighted by molar-refractivity contribution is 5.63. The number of rotatable bonds is 2. The Hall–Kier alpha value is -1.90. The molecule has 1 heterocycles. The molecule has 2 aromatic rings. The third kappa shape index (κ3) is 1.76. The Bertz CT molecular complexity index is 518. The molecule has 1 aliphatic carbocycles. The molecular weight excluding hydrogens is 198 g/mol. The maximum atomic E-state index is 5.76. The van der Waals surface area contributed by atoms with Crippen LogP contribution < -0.4 is 5.73 Å². The van der Waals surface area contributed by atoms with Crippen molar-refractivity contribution in [2.75, 3.05) is 5.73 Å². The number of benzene rings is 1. The Labute approximate surface area is 94.4 Å². The molecule has 3 heteroatoms. The van der Waals surface area contributed by atoms with Crippen LogP contribution in [0.4, 0.5) is 5.69 Å². The first-order valence-corrected chi connectivity index (χ1v) is 5.52. The number of hydrogen-bond acceptors (Lipinski definition) is 3. The van der Waals surface area contributed by atoms with E-state index in [0.717, 1.165) is 22.8 Å². The van der Waals surface area contributed by atoms with Crippen LogP contribution in [-0.4, -0.2) is 9.97 Å². The van der Waals surface area contributed by atoms with Crippen molar-refractivity contribution in [1.29, 1.82) is 0 Å². The maximum absolute atomic E-state index is 5.76. The van der Waals surface area contributed by atoms with Gasteiger partial charge >= 0.3 is 0 Å². The van der Waals surface area contributed by atoms with E-state index in [-0.39, 0.29) is 0 Å². The zero-order chi connectivity index (χ0) is 11.0. The van der Waals surface area contributed by atoms with Crippen LogP contribution >= 0.6 is 0 Å². The number of nitrogens with zero attached hydrogens (tertiary/aromatic N) is 2. The van der Waals surface area contributed by atoms with Crippen molar-refractivity contribution >= 4 is 5.69 Å². The van der Waals surface area contributed by atoms with Crippen molar-refractivity contribution in [3.8, 4) is 11.3 Å². The number of hydrogen-bond donors (Lipinski definition) is 1. The SMILES string of the molecule is Nc1cccc(-c2ccnc(C3CC3)n2)c1. The molecule has 2 N–H and O–H groups in total. The fourth-order valence-corrected chi connectivity index (χ4v) is 1.77. The lowest BCUT2D eigenvalue weighted by Crippen LogP contribution is -1.94. The van der Waals surface area contributed by atoms with Crippen LogP contribution in [0.3, 0.4) is 0 Å². The molecule has 1 saturated carbocycles. The van der Waals surface area contributed by atoms with E-state index in [1.807, 2.05) is 36.5 Å². The second-order valence-corrected chi connectivity index (χ2v) is 4.20. The van der Waals surface area contributed by atoms with Crippen LogP contribution in [0.1, 0.15) is 24.6 Å². The molecule has 0 saturated heterocycles. The fourth-order valence-electron chi connectivity index (χ4n) is 1.77. The molecule has 1 aliphatic rings. The van der Waals surface area contributed by atoms with Gasteiger partial charge in [-0.25, -0.2) is 9.97 Å². The molecule has 3 nitrogen and oxygen atoms in total. The summed E-state index contributed by atoms with van der Waals surface area (Å²) in [6, 6.07) is 9.73. The van der Waals surface area contributed by atoms with Crippen LogP contribution in [0.5, 0.6) is 0 Å². The molecule has 0 amide bonds. The summed E-state index contributed by atoms with van der Waals surface area (Å²) in [6.45, 7) is 0. The number of nitrogens with two attached hydrogens (primary N) is 1. The molecule has 1 fully saturated rings. The van der Waals surface area contributed by atoms with Gasteiger partial charge in [0.15, 0.2) is 0 Å². The standard InChI is InChI=1S/C13H13N3/c14-11-3-1-2-10(8-11)12-6-7-15-13(16-12)9-4-5-9/h1-3,6-9H,4-5,14H2. The molecule has 16 heavy (non-hydrogen) atoms. The normalized spacial score (nSPS) is 15.0. The first-order chi connectivity index (χ1) is 7.83. The van der Waals surface area contributed by atoms with Crippen molar-refractivity contribution in [1.82, 2.24) is 9.97 Å². The van der Waals surface area contributed by atoms with Crippen molar-refractivity contribution < 1.29 is 0 Å². The summed E-state index contributed by atoms with van der Waals surface area (Å²) in [5, 5.41) is 0. The predicted octanol–water partition coefficient (Wildman–Crippen LogP) is 2.60. The number of aromatic nitrogens is 2. The van der Waals surface area contributed by atoms with Crippen molar-refractivity contribution in [2.24, 2.45) is 0 Å². The number of nitrogen functional groups attached to an aromatic ring is 1. The number of anilines is 1. The molecule has 0 bridgehead atoms. The molecule has 3 rings (SSSR count). The first-order valence-electron chi connectivity index (χ1n) is 5.52. The minimum absolute atomic E-state index is 0.584. The minimum atomic E-state index is 0.584. The summed E-state index contributed by atoms with van der Waals surface area (Å²) in [6.07, 6.45) is 4.28. The Kier molecular flexibility index (Phi) is 2.10. The van der Waals surface area contributed by atoms with E-state index in [4.69, 9.17) is 5.73 Å². The van der Waals surface area contributed by atoms with Crippen molar-refractivity contribution in [3.63, 3.8) is 0 Å². The lowest BCUT2D eigenvalue weighted by Gasteiger charge is -2.03. The highest BCUT2D eigenvalue weighted by Crippen LogP contribution is 2.38. The summed E-state index contributed by atoms with van der Waals surface area (Å²) in [5.41, 5.74) is 8.55. The van der Waals surface area contributed by atoms with Gasteiger partial charge in [0.1, 0.15) is 5.82 Å². The quantitative estimate of drug-likeness (QED) is 0.777. The van der Waals surface area contributed by atoms with Gasteiger partial charge in [-0.3, -0.25) is 0 Å². The lowest BCUT2D eigenvalue weighted by atomic mass is 10.1. The highest BCUT2D eigenvalue weighted by atomic mass is 14.9. The Morgan fingerprint density at radius 2 is 2.06 bits per heavy atom. The zero-order valence-corrected chi connectivity index (χ0v) is 8.93.